The van der Waals surface area contributed by atoms with Gasteiger partial charge in [-0.2, -0.15) is 0 Å². The third-order valence-corrected chi connectivity index (χ3v) is 8.37. The first-order valence-electron chi connectivity index (χ1n) is 14.2. The van der Waals surface area contributed by atoms with Crippen molar-refractivity contribution in [1.29, 1.82) is 0 Å². The fourth-order valence-corrected chi connectivity index (χ4v) is 5.31. The van der Waals surface area contributed by atoms with Gasteiger partial charge in [0, 0.05) is 54.2 Å². The van der Waals surface area contributed by atoms with Crippen molar-refractivity contribution in [2.45, 2.75) is 90.3 Å². The maximum absolute atomic E-state index is 13.3. The van der Waals surface area contributed by atoms with Crippen LogP contribution >= 0.6 is 0 Å². The molecule has 0 saturated carbocycles. The molecule has 0 bridgehead atoms. The summed E-state index contributed by atoms with van der Waals surface area (Å²) in [6.07, 6.45) is 3.50. The molecule has 0 spiro atoms. The fraction of sp³-hybridized carbons (Fsp3) is 0.714. The first kappa shape index (κ1) is 32.8. The monoisotopic (exact) mass is 592 g/mol. The number of likely N-dealkylation sites (tertiary alicyclic amines) is 1. The highest BCUT2D eigenvalue weighted by atomic mass is 28.3. The van der Waals surface area contributed by atoms with E-state index in [-0.39, 0.29) is 36.9 Å². The number of rotatable bonds is 12. The van der Waals surface area contributed by atoms with Crippen molar-refractivity contribution in [3.63, 3.8) is 0 Å². The van der Waals surface area contributed by atoms with Crippen LogP contribution in [0.1, 0.15) is 44.5 Å². The van der Waals surface area contributed by atoms with Crippen LogP contribution in [0.5, 0.6) is 0 Å². The number of hydrogen-bond acceptors (Lipinski definition) is 9. The van der Waals surface area contributed by atoms with E-state index in [1.165, 1.54) is 0 Å². The van der Waals surface area contributed by atoms with E-state index in [0.29, 0.717) is 55.3 Å². The predicted octanol–water partition coefficient (Wildman–Crippen LogP) is 3.94. The van der Waals surface area contributed by atoms with E-state index in [1.54, 1.807) is 31.5 Å². The van der Waals surface area contributed by atoms with E-state index < -0.39 is 13.7 Å². The molecule has 3 rings (SSSR count). The number of amides is 2. The van der Waals surface area contributed by atoms with Crippen LogP contribution in [0.15, 0.2) is 12.4 Å². The number of nitrogens with one attached hydrogen (secondary N) is 2. The summed E-state index contributed by atoms with van der Waals surface area (Å²) >= 11 is 0. The van der Waals surface area contributed by atoms with E-state index in [0.717, 1.165) is 6.04 Å². The van der Waals surface area contributed by atoms with Crippen LogP contribution < -0.4 is 10.6 Å². The van der Waals surface area contributed by atoms with Crippen LogP contribution in [0.3, 0.4) is 0 Å². The van der Waals surface area contributed by atoms with Gasteiger partial charge in [0.15, 0.2) is 5.65 Å². The summed E-state index contributed by atoms with van der Waals surface area (Å²) in [5.41, 5.74) is 0.822. The molecule has 1 fully saturated rings. The lowest BCUT2D eigenvalue weighted by molar-refractivity contribution is -0.00286. The molecule has 3 heterocycles. The van der Waals surface area contributed by atoms with Crippen molar-refractivity contribution in [3.8, 4) is 0 Å². The number of aromatic nitrogens is 3. The van der Waals surface area contributed by atoms with E-state index in [2.05, 4.69) is 35.3 Å². The minimum absolute atomic E-state index is 0.145. The third kappa shape index (κ3) is 9.66. The summed E-state index contributed by atoms with van der Waals surface area (Å²) in [4.78, 5) is 37.2. The predicted molar refractivity (Wildman–Crippen MR) is 161 cm³/mol. The molecule has 0 radical (unpaired) electrons. The van der Waals surface area contributed by atoms with E-state index in [9.17, 15) is 9.59 Å². The van der Waals surface area contributed by atoms with Gasteiger partial charge in [0.2, 0.25) is 0 Å². The molecule has 13 heteroatoms. The minimum atomic E-state index is -1.24. The van der Waals surface area contributed by atoms with Crippen LogP contribution in [0, 0.1) is 0 Å². The molecule has 1 saturated heterocycles. The molecule has 2 aromatic rings. The fourth-order valence-electron chi connectivity index (χ4n) is 4.55. The van der Waals surface area contributed by atoms with Gasteiger partial charge in [-0.15, -0.1) is 0 Å². The molecular formula is C28H48N6O6Si. The molecular weight excluding hydrogens is 544 g/mol. The van der Waals surface area contributed by atoms with E-state index >= 15 is 0 Å². The van der Waals surface area contributed by atoms with Crippen molar-refractivity contribution in [1.82, 2.24) is 24.8 Å². The summed E-state index contributed by atoms with van der Waals surface area (Å²) in [7, 11) is 2.01. The molecule has 1 aliphatic heterocycles. The van der Waals surface area contributed by atoms with Gasteiger partial charge in [-0.25, -0.2) is 14.8 Å². The van der Waals surface area contributed by atoms with Crippen LogP contribution in [0.4, 0.5) is 10.6 Å². The topological polar surface area (TPSA) is 129 Å². The van der Waals surface area contributed by atoms with Crippen molar-refractivity contribution in [2.24, 2.45) is 0 Å². The summed E-state index contributed by atoms with van der Waals surface area (Å²) in [5.74, 6) is 0.211. The van der Waals surface area contributed by atoms with Gasteiger partial charge in [0.05, 0.1) is 30.5 Å². The maximum Gasteiger partial charge on any atom is 0.410 e. The number of anilines is 1. The normalized spacial score (nSPS) is 18.8. The van der Waals surface area contributed by atoms with E-state index in [4.69, 9.17) is 23.9 Å². The van der Waals surface area contributed by atoms with Crippen molar-refractivity contribution in [3.05, 3.63) is 18.0 Å². The van der Waals surface area contributed by atoms with Crippen LogP contribution in [0.2, 0.25) is 25.7 Å². The molecule has 2 N–H and O–H groups in total. The first-order chi connectivity index (χ1) is 19.2. The van der Waals surface area contributed by atoms with Gasteiger partial charge in [-0.1, -0.05) is 19.6 Å². The molecule has 2 aromatic heterocycles. The Morgan fingerprint density at radius 1 is 1.22 bits per heavy atom. The highest BCUT2D eigenvalue weighted by molar-refractivity contribution is 6.76. The lowest BCUT2D eigenvalue weighted by atomic mass is 10.0. The van der Waals surface area contributed by atoms with Gasteiger partial charge in [-0.3, -0.25) is 4.79 Å². The largest absolute Gasteiger partial charge is 0.444 e. The first-order valence-corrected chi connectivity index (χ1v) is 17.9. The second-order valence-electron chi connectivity index (χ2n) is 12.9. The van der Waals surface area contributed by atoms with Gasteiger partial charge in [0.25, 0.3) is 5.91 Å². The number of nitrogens with zero attached hydrogens (tertiary/aromatic N) is 4. The number of fused-ring (bicyclic) bond motifs is 1. The number of ether oxygens (including phenoxy) is 4. The van der Waals surface area contributed by atoms with Gasteiger partial charge in [-0.05, 0) is 40.2 Å². The molecule has 1 aliphatic rings. The second kappa shape index (κ2) is 13.9. The van der Waals surface area contributed by atoms with Gasteiger partial charge < -0.3 is 39.0 Å². The Hall–Kier alpha value is -2.74. The zero-order valence-corrected chi connectivity index (χ0v) is 27.1. The molecule has 0 aliphatic carbocycles. The summed E-state index contributed by atoms with van der Waals surface area (Å²) in [6.45, 7) is 16.5. The Morgan fingerprint density at radius 3 is 2.59 bits per heavy atom. The number of hydrogen-bond donors (Lipinski definition) is 2. The average molecular weight is 593 g/mol. The number of carbonyl (C=O) groups excluding carboxylic acids is 2. The number of piperidine rings is 1. The average Bonchev–Trinajstić information content (AvgIpc) is 3.23. The molecule has 3 atom stereocenters. The Bertz CT molecular complexity index is 1180. The summed E-state index contributed by atoms with van der Waals surface area (Å²) in [5, 5.41) is 6.36. The Morgan fingerprint density at radius 2 is 1.95 bits per heavy atom. The smallest absolute Gasteiger partial charge is 0.410 e. The zero-order chi connectivity index (χ0) is 30.4. The van der Waals surface area contributed by atoms with Crippen LogP contribution in [0.25, 0.3) is 11.2 Å². The van der Waals surface area contributed by atoms with Crippen LogP contribution in [-0.2, 0) is 25.7 Å². The van der Waals surface area contributed by atoms with Crippen molar-refractivity contribution < 1.29 is 28.5 Å². The third-order valence-electron chi connectivity index (χ3n) is 6.67. The van der Waals surface area contributed by atoms with Gasteiger partial charge in [0.1, 0.15) is 23.7 Å². The lowest BCUT2D eigenvalue weighted by Gasteiger charge is -2.38. The Balaban J connectivity index is 1.86. The molecule has 0 unspecified atom stereocenters. The highest BCUT2D eigenvalue weighted by Crippen LogP contribution is 2.24. The molecule has 0 aromatic carbocycles. The SMILES string of the molecule is COC[C@H](C)NC(=O)c1cn(COCC[Si](C)(C)C)c2ncc(N[C@H]3CN(C(=O)OC(C)(C)C)CC[C@H]3OC)nc12. The second-order valence-corrected chi connectivity index (χ2v) is 18.5. The number of carbonyl (C=O) groups is 2. The van der Waals surface area contributed by atoms with Crippen LogP contribution in [-0.4, -0.2) is 104 Å². The standard InChI is InChI=1S/C28H48N6O6Si/c1-19(17-37-5)30-26(35)20-15-34(18-39-12-13-41(7,8)9)25-24(20)32-23(14-29-25)31-21-16-33(11-10-22(21)38-6)27(36)40-28(2,3)4/h14-15,19,21-22H,10-13,16-18H2,1-9H3,(H,30,35)(H,31,32)/t19-,21-,22+/m0/s1. The highest BCUT2D eigenvalue weighted by Gasteiger charge is 2.34. The van der Waals surface area contributed by atoms with Gasteiger partial charge >= 0.3 is 6.09 Å². The number of methoxy groups -OCH3 is 2. The summed E-state index contributed by atoms with van der Waals surface area (Å²) < 4.78 is 24.3. The lowest BCUT2D eigenvalue weighted by Crippen LogP contribution is -2.53. The molecule has 41 heavy (non-hydrogen) atoms. The molecule has 12 nitrogen and oxygen atoms in total. The quantitative estimate of drug-likeness (QED) is 0.278. The zero-order valence-electron chi connectivity index (χ0n) is 26.1. The Kier molecular flexibility index (Phi) is 11.1. The molecule has 2 amide bonds. The van der Waals surface area contributed by atoms with E-state index in [1.807, 2.05) is 32.3 Å². The van der Waals surface area contributed by atoms with Crippen molar-refractivity contribution >= 4 is 37.1 Å². The maximum atomic E-state index is 13.3. The van der Waals surface area contributed by atoms with Crippen molar-refractivity contribution in [2.75, 3.05) is 45.8 Å². The Labute approximate surface area is 244 Å². The molecule has 230 valence electrons. The minimum Gasteiger partial charge on any atom is -0.444 e. The summed E-state index contributed by atoms with van der Waals surface area (Å²) in [6, 6.07) is 0.603.